The highest BCUT2D eigenvalue weighted by Gasteiger charge is 2.48. The lowest BCUT2D eigenvalue weighted by Gasteiger charge is -2.28. The van der Waals surface area contributed by atoms with E-state index in [-0.39, 0.29) is 18.3 Å². The van der Waals surface area contributed by atoms with Crippen molar-refractivity contribution in [2.75, 3.05) is 6.61 Å². The monoisotopic (exact) mass is 492 g/mol. The molecule has 0 amide bonds. The molecule has 1 saturated heterocycles. The van der Waals surface area contributed by atoms with Crippen molar-refractivity contribution in [2.45, 2.75) is 64.1 Å². The molecule has 0 radical (unpaired) electrons. The van der Waals surface area contributed by atoms with Crippen LogP contribution in [0.2, 0.25) is 19.6 Å². The molecule has 3 aromatic carbocycles. The first-order chi connectivity index (χ1) is 17.0. The number of hydrogen-bond acceptors (Lipinski definition) is 5. The van der Waals surface area contributed by atoms with Gasteiger partial charge >= 0.3 is 0 Å². The lowest BCUT2D eigenvalue weighted by molar-refractivity contribution is -0.143. The molecule has 1 heterocycles. The molecule has 0 bridgehead atoms. The summed E-state index contributed by atoms with van der Waals surface area (Å²) in [6, 6.07) is 30.5. The molecule has 6 heteroatoms. The van der Waals surface area contributed by atoms with Crippen molar-refractivity contribution in [3.05, 3.63) is 108 Å². The Hall–Kier alpha value is -2.32. The standard InChI is InChI=1S/C29H36O5Si/c1-35(2,3)34-29-28(32-21-25-17-11-6-12-18-25)27(31-20-24-15-9-5-10-16-24)26(33-29)22-30-19-23-13-7-4-8-14-23/h4-18,26-29H,19-22H2,1-3H3/t26-,27-,28-,29+/m1/s1. The highest BCUT2D eigenvalue weighted by atomic mass is 28.4. The minimum absolute atomic E-state index is 0.301. The molecule has 4 atom stereocenters. The minimum atomic E-state index is -1.90. The second kappa shape index (κ2) is 12.6. The average molecular weight is 493 g/mol. The maximum Gasteiger partial charge on any atom is 0.187 e. The third-order valence-corrected chi connectivity index (χ3v) is 6.64. The molecule has 3 aromatic rings. The average Bonchev–Trinajstić information content (AvgIpc) is 3.17. The second-order valence-corrected chi connectivity index (χ2v) is 14.3. The molecule has 0 spiro atoms. The Labute approximate surface area is 210 Å². The number of benzene rings is 3. The van der Waals surface area contributed by atoms with Crippen LogP contribution in [0.3, 0.4) is 0 Å². The van der Waals surface area contributed by atoms with Crippen LogP contribution < -0.4 is 0 Å². The molecule has 0 aliphatic carbocycles. The first kappa shape index (κ1) is 25.8. The summed E-state index contributed by atoms with van der Waals surface area (Å²) in [4.78, 5) is 0. The van der Waals surface area contributed by atoms with Gasteiger partial charge in [-0.3, -0.25) is 0 Å². The van der Waals surface area contributed by atoms with E-state index in [1.165, 1.54) is 0 Å². The van der Waals surface area contributed by atoms with Gasteiger partial charge in [-0.05, 0) is 36.3 Å². The summed E-state index contributed by atoms with van der Waals surface area (Å²) in [7, 11) is -1.90. The Morgan fingerprint density at radius 2 is 1.09 bits per heavy atom. The van der Waals surface area contributed by atoms with Gasteiger partial charge in [0.1, 0.15) is 18.3 Å². The molecule has 0 N–H and O–H groups in total. The molecule has 1 fully saturated rings. The Bertz CT molecular complexity index is 994. The maximum absolute atomic E-state index is 6.46. The van der Waals surface area contributed by atoms with Gasteiger partial charge in [0.25, 0.3) is 0 Å². The van der Waals surface area contributed by atoms with Crippen molar-refractivity contribution in [3.63, 3.8) is 0 Å². The molecule has 1 aliphatic heterocycles. The van der Waals surface area contributed by atoms with Crippen LogP contribution in [0.1, 0.15) is 16.7 Å². The fraction of sp³-hybridized carbons (Fsp3) is 0.379. The van der Waals surface area contributed by atoms with Gasteiger partial charge in [-0.15, -0.1) is 0 Å². The van der Waals surface area contributed by atoms with Crippen molar-refractivity contribution in [1.82, 2.24) is 0 Å². The van der Waals surface area contributed by atoms with Gasteiger partial charge in [-0.25, -0.2) is 0 Å². The molecule has 0 aromatic heterocycles. The van der Waals surface area contributed by atoms with E-state index in [1.54, 1.807) is 0 Å². The first-order valence-corrected chi connectivity index (χ1v) is 15.6. The predicted molar refractivity (Wildman–Crippen MR) is 139 cm³/mol. The number of hydrogen-bond donors (Lipinski definition) is 0. The van der Waals surface area contributed by atoms with Crippen LogP contribution in [0, 0.1) is 0 Å². The summed E-state index contributed by atoms with van der Waals surface area (Å²) in [6.07, 6.45) is -1.49. The van der Waals surface area contributed by atoms with Crippen LogP contribution in [0.4, 0.5) is 0 Å². The first-order valence-electron chi connectivity index (χ1n) is 12.2. The summed E-state index contributed by atoms with van der Waals surface area (Å²) >= 11 is 0. The lowest BCUT2D eigenvalue weighted by atomic mass is 10.1. The van der Waals surface area contributed by atoms with Crippen LogP contribution in [-0.2, 0) is 43.2 Å². The van der Waals surface area contributed by atoms with Crippen molar-refractivity contribution < 1.29 is 23.4 Å². The highest BCUT2D eigenvalue weighted by molar-refractivity contribution is 6.69. The normalized spacial score (nSPS) is 22.4. The quantitative estimate of drug-likeness (QED) is 0.292. The minimum Gasteiger partial charge on any atom is -0.391 e. The zero-order valence-electron chi connectivity index (χ0n) is 20.8. The molecule has 0 unspecified atom stereocenters. The topological polar surface area (TPSA) is 46.2 Å². The summed E-state index contributed by atoms with van der Waals surface area (Å²) in [5.74, 6) is 0. The molecule has 0 saturated carbocycles. The largest absolute Gasteiger partial charge is 0.391 e. The number of rotatable bonds is 12. The summed E-state index contributed by atoms with van der Waals surface area (Å²) in [5, 5.41) is 0. The fourth-order valence-corrected chi connectivity index (χ4v) is 4.93. The van der Waals surface area contributed by atoms with Gasteiger partial charge < -0.3 is 23.4 Å². The Balaban J connectivity index is 1.49. The van der Waals surface area contributed by atoms with Gasteiger partial charge in [0, 0.05) is 0 Å². The van der Waals surface area contributed by atoms with Crippen LogP contribution in [0.5, 0.6) is 0 Å². The van der Waals surface area contributed by atoms with Gasteiger partial charge in [-0.1, -0.05) is 91.0 Å². The van der Waals surface area contributed by atoms with E-state index in [0.717, 1.165) is 16.7 Å². The molecule has 1 aliphatic rings. The van der Waals surface area contributed by atoms with Gasteiger partial charge in [0.15, 0.2) is 14.6 Å². The van der Waals surface area contributed by atoms with E-state index < -0.39 is 14.6 Å². The van der Waals surface area contributed by atoms with Gasteiger partial charge in [0.05, 0.1) is 26.4 Å². The van der Waals surface area contributed by atoms with E-state index in [4.69, 9.17) is 23.4 Å². The van der Waals surface area contributed by atoms with Gasteiger partial charge in [0.2, 0.25) is 0 Å². The smallest absolute Gasteiger partial charge is 0.187 e. The lowest BCUT2D eigenvalue weighted by Crippen LogP contribution is -2.42. The van der Waals surface area contributed by atoms with E-state index in [0.29, 0.717) is 26.4 Å². The summed E-state index contributed by atoms with van der Waals surface area (Å²) in [5.41, 5.74) is 3.33. The SMILES string of the molecule is C[Si](C)(C)O[C@@H]1O[C@H](COCc2ccccc2)[C@@H](OCc2ccccc2)[C@H]1OCc1ccccc1. The van der Waals surface area contributed by atoms with E-state index in [9.17, 15) is 0 Å². The van der Waals surface area contributed by atoms with Gasteiger partial charge in [-0.2, -0.15) is 0 Å². The molecule has 4 rings (SSSR count). The molecule has 35 heavy (non-hydrogen) atoms. The van der Waals surface area contributed by atoms with Crippen LogP contribution in [0.25, 0.3) is 0 Å². The van der Waals surface area contributed by atoms with Crippen molar-refractivity contribution in [3.8, 4) is 0 Å². The summed E-state index contributed by atoms with van der Waals surface area (Å²) < 4.78 is 31.8. The van der Waals surface area contributed by atoms with Crippen molar-refractivity contribution >= 4 is 8.32 Å². The second-order valence-electron chi connectivity index (χ2n) is 9.80. The zero-order chi connectivity index (χ0) is 24.5. The highest BCUT2D eigenvalue weighted by Crippen LogP contribution is 2.31. The fourth-order valence-electron chi connectivity index (χ4n) is 4.05. The van der Waals surface area contributed by atoms with Crippen molar-refractivity contribution in [1.29, 1.82) is 0 Å². The third-order valence-electron chi connectivity index (χ3n) is 5.70. The molecule has 186 valence electrons. The summed E-state index contributed by atoms with van der Waals surface area (Å²) in [6.45, 7) is 8.31. The van der Waals surface area contributed by atoms with Crippen LogP contribution in [0.15, 0.2) is 91.0 Å². The number of ether oxygens (including phenoxy) is 4. The van der Waals surface area contributed by atoms with Crippen LogP contribution in [-0.4, -0.2) is 39.5 Å². The molecule has 5 nitrogen and oxygen atoms in total. The zero-order valence-corrected chi connectivity index (χ0v) is 21.8. The molecular formula is C29H36O5Si. The molecular weight excluding hydrogens is 456 g/mol. The van der Waals surface area contributed by atoms with Crippen LogP contribution >= 0.6 is 0 Å². The maximum atomic E-state index is 6.46. The van der Waals surface area contributed by atoms with E-state index in [2.05, 4.69) is 56.0 Å². The van der Waals surface area contributed by atoms with Crippen molar-refractivity contribution in [2.24, 2.45) is 0 Å². The Kier molecular flexibility index (Phi) is 9.26. The predicted octanol–water partition coefficient (Wildman–Crippen LogP) is 5.95. The Morgan fingerprint density at radius 1 is 0.629 bits per heavy atom. The Morgan fingerprint density at radius 3 is 1.57 bits per heavy atom. The third kappa shape index (κ3) is 8.10. The van der Waals surface area contributed by atoms with E-state index in [1.807, 2.05) is 54.6 Å². The van der Waals surface area contributed by atoms with E-state index >= 15 is 0 Å².